The molecule has 0 aliphatic rings. The first-order valence-corrected chi connectivity index (χ1v) is 5.65. The van der Waals surface area contributed by atoms with Gasteiger partial charge in [0.25, 0.3) is 0 Å². The number of carbonyl (C=O) groups is 1. The molecule has 0 saturated carbocycles. The Kier molecular flexibility index (Phi) is 133. The zero-order chi connectivity index (χ0) is 13.7. The largest absolute Gasteiger partial charge is 0.370 e. The van der Waals surface area contributed by atoms with Crippen molar-refractivity contribution >= 4 is 18.2 Å². The quantitative estimate of drug-likeness (QED) is 0.531. The first-order chi connectivity index (χ1) is 7.10. The van der Waals surface area contributed by atoms with E-state index in [4.69, 9.17) is 9.11 Å². The van der Waals surface area contributed by atoms with Crippen LogP contribution >= 0.6 is 12.3 Å². The van der Waals surface area contributed by atoms with E-state index in [1.54, 1.807) is 6.92 Å². The van der Waals surface area contributed by atoms with Crippen molar-refractivity contribution in [2.75, 3.05) is 14.1 Å². The molecule has 0 rings (SSSR count). The van der Waals surface area contributed by atoms with Crippen molar-refractivity contribution in [3.05, 3.63) is 0 Å². The topological polar surface area (TPSA) is 95.6 Å². The van der Waals surface area contributed by atoms with Gasteiger partial charge in [-0.3, -0.25) is 4.79 Å². The molecule has 15 heavy (non-hydrogen) atoms. The lowest BCUT2D eigenvalue weighted by Crippen LogP contribution is -2.06. The van der Waals surface area contributed by atoms with Gasteiger partial charge in [-0.2, -0.15) is 0 Å². The van der Waals surface area contributed by atoms with Crippen molar-refractivity contribution in [3.8, 4) is 0 Å². The second-order valence-corrected chi connectivity index (χ2v) is 1.56. The van der Waals surface area contributed by atoms with Crippen molar-refractivity contribution < 1.29 is 13.9 Å². The lowest BCUT2D eigenvalue weighted by molar-refractivity contribution is -0.117. The molecule has 0 radical (unpaired) electrons. The summed E-state index contributed by atoms with van der Waals surface area (Å²) in [6.45, 7) is 9.72. The van der Waals surface area contributed by atoms with E-state index in [0.717, 1.165) is 0 Å². The van der Waals surface area contributed by atoms with Gasteiger partial charge in [0.05, 0.1) is 0 Å². The summed E-state index contributed by atoms with van der Waals surface area (Å²) in [6.07, 6.45) is 0.444. The van der Waals surface area contributed by atoms with Crippen molar-refractivity contribution in [1.82, 2.24) is 5.32 Å². The molecular formula is C9H28N2O3S. The highest BCUT2D eigenvalue weighted by molar-refractivity contribution is 7.87. The van der Waals surface area contributed by atoms with E-state index >= 15 is 0 Å². The summed E-state index contributed by atoms with van der Waals surface area (Å²) in [6, 6.07) is 0. The summed E-state index contributed by atoms with van der Waals surface area (Å²) in [4.78, 5) is 9.59. The molecule has 0 fully saturated rings. The molecule has 0 aliphatic carbocycles. The summed E-state index contributed by atoms with van der Waals surface area (Å²) in [5.74, 6) is -0.245. The predicted octanol–water partition coefficient (Wildman–Crippen LogP) is 2.44. The molecule has 0 aromatic rings. The summed E-state index contributed by atoms with van der Waals surface area (Å²) in [5, 5.41) is 2.75. The molecule has 1 amide bonds. The Morgan fingerprint density at radius 3 is 1.27 bits per heavy atom. The van der Waals surface area contributed by atoms with Crippen LogP contribution < -0.4 is 11.1 Å². The normalized spacial score (nSPS) is 5.67. The van der Waals surface area contributed by atoms with Gasteiger partial charge in [0.1, 0.15) is 0 Å². The Balaban J connectivity index is -0.0000000296. The van der Waals surface area contributed by atoms with Gasteiger partial charge >= 0.3 is 0 Å². The molecule has 98 valence electrons. The fourth-order valence-corrected chi connectivity index (χ4v) is 0. The third-order valence-electron chi connectivity index (χ3n) is 0.348. The standard InChI is InChI=1S/C3H7NO.C2H7N.2C2H6.H2O2S/c1-2-3(4)5;1-3-2;2*1-2;1-3-2/h2H2,1H3,(H2,4,5);3H,1-2H3;2*1-2H3;1-2H. The van der Waals surface area contributed by atoms with Crippen LogP contribution in [-0.2, 0) is 4.79 Å². The van der Waals surface area contributed by atoms with E-state index in [2.05, 4.69) is 11.1 Å². The van der Waals surface area contributed by atoms with Crippen molar-refractivity contribution in [2.45, 2.75) is 41.0 Å². The van der Waals surface area contributed by atoms with E-state index in [1.807, 2.05) is 41.8 Å². The van der Waals surface area contributed by atoms with E-state index in [9.17, 15) is 4.79 Å². The Bertz CT molecular complexity index is 74.4. The van der Waals surface area contributed by atoms with Gasteiger partial charge in [0.15, 0.2) is 12.3 Å². The lowest BCUT2D eigenvalue weighted by atomic mass is 10.5. The Hall–Kier alpha value is -0.300. The molecular weight excluding hydrogens is 216 g/mol. The lowest BCUT2D eigenvalue weighted by Gasteiger charge is -1.73. The second-order valence-electron chi connectivity index (χ2n) is 1.40. The summed E-state index contributed by atoms with van der Waals surface area (Å²) < 4.78 is 14.1. The Labute approximate surface area is 98.9 Å². The zero-order valence-electron chi connectivity index (χ0n) is 11.0. The van der Waals surface area contributed by atoms with E-state index in [0.29, 0.717) is 6.42 Å². The molecule has 0 bridgehead atoms. The fraction of sp³-hybridized carbons (Fsp3) is 0.889. The van der Waals surface area contributed by atoms with Gasteiger partial charge in [0.2, 0.25) is 5.91 Å². The molecule has 0 aromatic carbocycles. The maximum Gasteiger partial charge on any atom is 0.217 e. The Morgan fingerprint density at radius 1 is 1.20 bits per heavy atom. The van der Waals surface area contributed by atoms with Crippen LogP contribution in [0, 0.1) is 0 Å². The molecule has 0 atom stereocenters. The minimum absolute atomic E-state index is 0.245. The SMILES string of the molecule is CC.CC.CCC(N)=O.CNC.OSO. The second kappa shape index (κ2) is 68.0. The molecule has 6 heteroatoms. The summed E-state index contributed by atoms with van der Waals surface area (Å²) in [7, 11) is 3.75. The van der Waals surface area contributed by atoms with Gasteiger partial charge < -0.3 is 20.2 Å². The number of hydrogen-bond donors (Lipinski definition) is 4. The highest BCUT2D eigenvalue weighted by Crippen LogP contribution is 1.67. The molecule has 0 aromatic heterocycles. The van der Waals surface area contributed by atoms with Crippen molar-refractivity contribution in [3.63, 3.8) is 0 Å². The van der Waals surface area contributed by atoms with Crippen LogP contribution in [0.5, 0.6) is 0 Å². The number of carbonyl (C=O) groups excluding carboxylic acids is 1. The maximum absolute atomic E-state index is 9.59. The molecule has 5 nitrogen and oxygen atoms in total. The minimum Gasteiger partial charge on any atom is -0.370 e. The molecule has 0 aliphatic heterocycles. The average Bonchev–Trinajstić information content (AvgIpc) is 2.26. The molecule has 0 spiro atoms. The van der Waals surface area contributed by atoms with Crippen LogP contribution in [0.1, 0.15) is 41.0 Å². The van der Waals surface area contributed by atoms with Gasteiger partial charge in [-0.1, -0.05) is 34.6 Å². The molecule has 0 heterocycles. The number of nitrogens with one attached hydrogen (secondary N) is 1. The molecule has 0 unspecified atom stereocenters. The highest BCUT2D eigenvalue weighted by Gasteiger charge is 1.77. The molecule has 0 saturated heterocycles. The van der Waals surface area contributed by atoms with E-state index < -0.39 is 0 Å². The monoisotopic (exact) mass is 244 g/mol. The zero-order valence-corrected chi connectivity index (χ0v) is 11.8. The van der Waals surface area contributed by atoms with Gasteiger partial charge in [-0.25, -0.2) is 0 Å². The average molecular weight is 244 g/mol. The number of rotatable bonds is 1. The summed E-state index contributed by atoms with van der Waals surface area (Å²) in [5.41, 5.74) is 4.65. The summed E-state index contributed by atoms with van der Waals surface area (Å²) >= 11 is -0.250. The van der Waals surface area contributed by atoms with E-state index in [-0.39, 0.29) is 18.2 Å². The minimum atomic E-state index is -0.250. The number of amides is 1. The number of hydrogen-bond acceptors (Lipinski definition) is 5. The number of primary amides is 1. The first kappa shape index (κ1) is 29.3. The highest BCUT2D eigenvalue weighted by atomic mass is 32.2. The Morgan fingerprint density at radius 2 is 1.27 bits per heavy atom. The predicted molar refractivity (Wildman–Crippen MR) is 70.0 cm³/mol. The van der Waals surface area contributed by atoms with Gasteiger partial charge in [0, 0.05) is 6.42 Å². The van der Waals surface area contributed by atoms with Crippen LogP contribution in [0.2, 0.25) is 0 Å². The third-order valence-corrected chi connectivity index (χ3v) is 0.348. The van der Waals surface area contributed by atoms with E-state index in [1.165, 1.54) is 0 Å². The smallest absolute Gasteiger partial charge is 0.217 e. The fourth-order valence-electron chi connectivity index (χ4n) is 0. The first-order valence-electron chi connectivity index (χ1n) is 4.92. The van der Waals surface area contributed by atoms with Crippen LogP contribution in [-0.4, -0.2) is 29.1 Å². The number of nitrogens with two attached hydrogens (primary N) is 1. The van der Waals surface area contributed by atoms with Crippen LogP contribution in [0.15, 0.2) is 0 Å². The van der Waals surface area contributed by atoms with Crippen LogP contribution in [0.4, 0.5) is 0 Å². The maximum atomic E-state index is 9.59. The van der Waals surface area contributed by atoms with Crippen molar-refractivity contribution in [2.24, 2.45) is 5.73 Å². The van der Waals surface area contributed by atoms with Crippen LogP contribution in [0.3, 0.4) is 0 Å². The molecule has 5 N–H and O–H groups in total. The van der Waals surface area contributed by atoms with Gasteiger partial charge in [-0.15, -0.1) is 0 Å². The van der Waals surface area contributed by atoms with Crippen molar-refractivity contribution in [1.29, 1.82) is 0 Å². The van der Waals surface area contributed by atoms with Crippen LogP contribution in [0.25, 0.3) is 0 Å². The third kappa shape index (κ3) is 649. The van der Waals surface area contributed by atoms with Gasteiger partial charge in [-0.05, 0) is 14.1 Å².